The minimum Gasteiger partial charge on any atom is -0.382 e. The van der Waals surface area contributed by atoms with E-state index in [9.17, 15) is 0 Å². The molecule has 22 heteroatoms. The van der Waals surface area contributed by atoms with Crippen LogP contribution in [0.4, 0.5) is 0 Å². The molecule has 0 fully saturated rings. The molecular weight excluding hydrogens is 1040 g/mol. The van der Waals surface area contributed by atoms with E-state index in [0.29, 0.717) is 104 Å². The molecule has 0 aliphatic carbocycles. The van der Waals surface area contributed by atoms with Crippen LogP contribution < -0.4 is 0 Å². The van der Waals surface area contributed by atoms with E-state index < -0.39 is 17.6 Å². The van der Waals surface area contributed by atoms with E-state index >= 15 is 0 Å². The molecule has 0 aliphatic rings. The van der Waals surface area contributed by atoms with Crippen LogP contribution in [0.5, 0.6) is 0 Å². The van der Waals surface area contributed by atoms with Crippen LogP contribution in [-0.2, 0) is 71.4 Å². The lowest BCUT2D eigenvalue weighted by Crippen LogP contribution is -2.46. The zero-order valence-corrected chi connectivity index (χ0v) is 46.9. The maximum absolute atomic E-state index is 6.10. The summed E-state index contributed by atoms with van der Waals surface area (Å²) in [5, 5.41) is 0. The number of H-pyrrole nitrogens is 2. The number of halogens is 2. The summed E-state index contributed by atoms with van der Waals surface area (Å²) in [6.45, 7) is 34.9. The number of hydrogen-bond donors (Lipinski definition) is 2. The highest BCUT2D eigenvalue weighted by molar-refractivity contribution is 9.13. The predicted molar refractivity (Wildman–Crippen MR) is 281 cm³/mol. The highest BCUT2D eigenvalue weighted by atomic mass is 79.9. The van der Waals surface area contributed by atoms with Crippen molar-refractivity contribution in [3.63, 3.8) is 0 Å². The maximum Gasteiger partial charge on any atom is 0.501 e. The Balaban J connectivity index is 0.000000578. The van der Waals surface area contributed by atoms with E-state index in [4.69, 9.17) is 50.5 Å². The highest BCUT2D eigenvalue weighted by Crippen LogP contribution is 2.25. The minimum atomic E-state index is -2.80. The Morgan fingerprint density at radius 1 is 0.559 bits per heavy atom. The van der Waals surface area contributed by atoms with E-state index in [2.05, 4.69) is 87.7 Å². The van der Waals surface area contributed by atoms with Crippen LogP contribution in [0.2, 0.25) is 12.1 Å². The first-order valence-corrected chi connectivity index (χ1v) is 28.4. The molecule has 0 bridgehead atoms. The molecule has 4 heterocycles. The number of hydrogen-bond acceptors (Lipinski definition) is 14. The van der Waals surface area contributed by atoms with Gasteiger partial charge < -0.3 is 64.6 Å². The number of aryl methyl sites for hydroxylation is 1. The molecule has 0 unspecified atom stereocenters. The molecule has 4 rings (SSSR count). The van der Waals surface area contributed by atoms with Crippen molar-refractivity contribution in [2.75, 3.05) is 93.5 Å². The van der Waals surface area contributed by atoms with Crippen molar-refractivity contribution >= 4 is 73.8 Å². The molecule has 0 saturated heterocycles. The van der Waals surface area contributed by atoms with Gasteiger partial charge in [-0.15, -0.1) is 0 Å². The van der Waals surface area contributed by atoms with Crippen LogP contribution in [0, 0.1) is 0 Å². The minimum absolute atomic E-state index is 0.552. The zero-order valence-electron chi connectivity index (χ0n) is 41.7. The normalized spacial score (nSPS) is 11.2. The first kappa shape index (κ1) is 62.8. The molecule has 4 aromatic rings. The van der Waals surface area contributed by atoms with E-state index in [0.717, 1.165) is 56.3 Å². The van der Waals surface area contributed by atoms with Crippen molar-refractivity contribution in [1.82, 2.24) is 39.0 Å². The smallest absolute Gasteiger partial charge is 0.382 e. The molecule has 0 saturated carbocycles. The van der Waals surface area contributed by atoms with E-state index in [-0.39, 0.29) is 0 Å². The number of aromatic amines is 2. The van der Waals surface area contributed by atoms with Gasteiger partial charge in [0.25, 0.3) is 0 Å². The van der Waals surface area contributed by atoms with Gasteiger partial charge in [-0.3, -0.25) is 0 Å². The van der Waals surface area contributed by atoms with Crippen LogP contribution in [0.1, 0.15) is 75.7 Å². The molecule has 4 aromatic heterocycles. The molecule has 2 N–H and O–H groups in total. The van der Waals surface area contributed by atoms with Crippen LogP contribution in [-0.4, -0.2) is 150 Å². The molecule has 0 radical (unpaired) electrons. The average Bonchev–Trinajstić information content (AvgIpc) is 4.15. The second kappa shape index (κ2) is 38.5. The van der Waals surface area contributed by atoms with Gasteiger partial charge in [-0.1, -0.05) is 26.3 Å². The van der Waals surface area contributed by atoms with Gasteiger partial charge in [-0.25, -0.2) is 19.9 Å². The van der Waals surface area contributed by atoms with Crippen molar-refractivity contribution in [1.29, 1.82) is 0 Å². The monoisotopic (exact) mass is 1120 g/mol. The van der Waals surface area contributed by atoms with Crippen LogP contribution in [0.25, 0.3) is 24.3 Å². The van der Waals surface area contributed by atoms with Crippen molar-refractivity contribution in [2.45, 2.75) is 79.6 Å². The Kier molecular flexibility index (Phi) is 35.6. The number of nitrogens with zero attached hydrogens (tertiary/aromatic N) is 6. The summed E-state index contributed by atoms with van der Waals surface area (Å²) in [7, 11) is -2.25. The number of methoxy groups -OCH3 is 2. The molecule has 0 atom stereocenters. The van der Waals surface area contributed by atoms with E-state index in [1.165, 1.54) is 0 Å². The third-order valence-electron chi connectivity index (χ3n) is 9.31. The predicted octanol–water partition coefficient (Wildman–Crippen LogP) is 9.19. The first-order valence-electron chi connectivity index (χ1n) is 22.9. The Morgan fingerprint density at radius 2 is 1.04 bits per heavy atom. The summed E-state index contributed by atoms with van der Waals surface area (Å²) < 4.78 is 63.4. The quantitative estimate of drug-likeness (QED) is 0.0333. The second-order valence-electron chi connectivity index (χ2n) is 13.7. The molecule has 0 amide bonds. The number of rotatable bonds is 34. The van der Waals surface area contributed by atoms with Crippen LogP contribution in [0.3, 0.4) is 0 Å². The summed E-state index contributed by atoms with van der Waals surface area (Å²) >= 11 is 6.38. The molecular formula is C46H78Br2N8O10Si2. The summed E-state index contributed by atoms with van der Waals surface area (Å²) in [6, 6.07) is 1.35. The van der Waals surface area contributed by atoms with Crippen LogP contribution in [0.15, 0.2) is 60.8 Å². The Bertz CT molecular complexity index is 1860. The zero-order chi connectivity index (χ0) is 50.5. The Morgan fingerprint density at radius 3 is 1.44 bits per heavy atom. The topological polar surface area (TPSA) is 185 Å². The van der Waals surface area contributed by atoms with Crippen molar-refractivity contribution in [3.8, 4) is 0 Å². The highest BCUT2D eigenvalue weighted by Gasteiger charge is 2.42. The fourth-order valence-corrected chi connectivity index (χ4v) is 11.9. The molecule has 68 heavy (non-hydrogen) atoms. The number of imidazole rings is 4. The SMILES string of the molecule is Brc1nc[nH]c1Br.C=Cc1nc[nH]c1C=C.C=Cc1ncn(CCOCCOC)c1C=C.CCO[Si](CCc1ncn(CCOCCOC)c1CC[Si](OCC)(OCC)OCC)(OCC)OCC. The summed E-state index contributed by atoms with van der Waals surface area (Å²) in [5.41, 5.74) is 5.75. The van der Waals surface area contributed by atoms with E-state index in [1.54, 1.807) is 57.5 Å². The van der Waals surface area contributed by atoms with Crippen molar-refractivity contribution < 1.29 is 45.5 Å². The fraction of sp³-hybridized carbons (Fsp3) is 0.565. The molecule has 384 valence electrons. The molecule has 18 nitrogen and oxygen atoms in total. The van der Waals surface area contributed by atoms with Gasteiger partial charge in [0.15, 0.2) is 0 Å². The second-order valence-corrected chi connectivity index (χ2v) is 20.7. The summed E-state index contributed by atoms with van der Waals surface area (Å²) in [4.78, 5) is 22.5. The Labute approximate surface area is 424 Å². The van der Waals surface area contributed by atoms with Crippen molar-refractivity contribution in [2.24, 2.45) is 0 Å². The number of aromatic nitrogens is 8. The fourth-order valence-electron chi connectivity index (χ4n) is 6.37. The third kappa shape index (κ3) is 23.6. The van der Waals surface area contributed by atoms with Gasteiger partial charge in [0.05, 0.1) is 93.4 Å². The van der Waals surface area contributed by atoms with Crippen LogP contribution >= 0.6 is 31.9 Å². The van der Waals surface area contributed by atoms with Gasteiger partial charge in [-0.05, 0) is 111 Å². The standard InChI is InChI=1S/C24H50N2O8Si2.C12H18N2O2.C7H8N2.C3H2Br2N2/c1-8-29-35(30-9-2,31-10-3)20-14-23-24(26(22-25-23)16-17-28-19-18-27-7)15-21-36(32-11-4,33-12-5)34-13-6;1-4-11-12(5-2)14(10-13-11)6-7-16-9-8-15-3;1-3-6-7(4-2)9-5-8-6;4-2-3(5)7-1-6-2/h22H,8-21H2,1-7H3;4-5,10H,1-2,6-9H2,3H3;3-5H,1-2H2,(H,8,9);1H,(H,6,7). The van der Waals surface area contributed by atoms with Gasteiger partial charge in [-0.2, -0.15) is 0 Å². The first-order chi connectivity index (χ1) is 33.0. The Hall–Kier alpha value is -3.21. The maximum atomic E-state index is 6.10. The van der Waals surface area contributed by atoms with Gasteiger partial charge >= 0.3 is 17.6 Å². The lowest BCUT2D eigenvalue weighted by Gasteiger charge is -2.29. The lowest BCUT2D eigenvalue weighted by molar-refractivity contribution is 0.0659. The third-order valence-corrected chi connectivity index (χ3v) is 17.1. The number of ether oxygens (including phenoxy) is 4. The average molecular weight is 1120 g/mol. The summed E-state index contributed by atoms with van der Waals surface area (Å²) in [5.74, 6) is 0. The largest absolute Gasteiger partial charge is 0.501 e. The molecule has 0 spiro atoms. The van der Waals surface area contributed by atoms with Crippen molar-refractivity contribution in [3.05, 3.63) is 95.0 Å². The van der Waals surface area contributed by atoms with E-state index in [1.807, 2.05) is 52.4 Å². The lowest BCUT2D eigenvalue weighted by atomic mass is 10.2. The van der Waals surface area contributed by atoms with Gasteiger partial charge in [0.1, 0.15) is 9.21 Å². The molecule has 0 aromatic carbocycles. The van der Waals surface area contributed by atoms with Gasteiger partial charge in [0.2, 0.25) is 0 Å². The summed E-state index contributed by atoms with van der Waals surface area (Å²) in [6.07, 6.45) is 15.2. The number of nitrogens with one attached hydrogen (secondary N) is 2. The van der Waals surface area contributed by atoms with Gasteiger partial charge in [0, 0.05) is 84.7 Å². The molecule has 0 aliphatic heterocycles.